The predicted octanol–water partition coefficient (Wildman–Crippen LogP) is 0.411. The molecule has 1 heterocycles. The summed E-state index contributed by atoms with van der Waals surface area (Å²) in [4.78, 5) is 11.8. The number of hydrogen-bond acceptors (Lipinski definition) is 3. The van der Waals surface area contributed by atoms with Gasteiger partial charge in [0.15, 0.2) is 0 Å². The highest BCUT2D eigenvalue weighted by Crippen LogP contribution is 2.44. The molecule has 0 radical (unpaired) electrons. The highest BCUT2D eigenvalue weighted by molar-refractivity contribution is 5.85. The van der Waals surface area contributed by atoms with E-state index in [1.807, 2.05) is 0 Å². The van der Waals surface area contributed by atoms with Crippen LogP contribution in [0, 0.1) is 5.41 Å². The molecule has 15 heavy (non-hydrogen) atoms. The topological polar surface area (TPSA) is 64.4 Å². The molecule has 1 atom stereocenters. The van der Waals surface area contributed by atoms with Crippen LogP contribution in [0.3, 0.4) is 0 Å². The standard InChI is InChI=1S/C11H20N2O2/c12-8-11(4-5-11)10(14)13-7-9-3-1-2-6-15-9/h9H,1-8,12H2,(H,13,14). The summed E-state index contributed by atoms with van der Waals surface area (Å²) < 4.78 is 5.55. The Morgan fingerprint density at radius 2 is 2.27 bits per heavy atom. The molecule has 1 saturated heterocycles. The minimum Gasteiger partial charge on any atom is -0.376 e. The molecule has 3 N–H and O–H groups in total. The second-order valence-electron chi connectivity index (χ2n) is 4.68. The summed E-state index contributed by atoms with van der Waals surface area (Å²) in [6, 6.07) is 0. The molecule has 1 saturated carbocycles. The predicted molar refractivity (Wildman–Crippen MR) is 57.3 cm³/mol. The number of nitrogens with one attached hydrogen (secondary N) is 1. The minimum atomic E-state index is -0.228. The first-order valence-electron chi connectivity index (χ1n) is 5.87. The van der Waals surface area contributed by atoms with Gasteiger partial charge in [-0.05, 0) is 32.1 Å². The van der Waals surface area contributed by atoms with Crippen LogP contribution in [0.15, 0.2) is 0 Å². The molecule has 0 aromatic heterocycles. The molecule has 1 amide bonds. The van der Waals surface area contributed by atoms with Gasteiger partial charge in [-0.2, -0.15) is 0 Å². The van der Waals surface area contributed by atoms with Crippen molar-refractivity contribution in [1.82, 2.24) is 5.32 Å². The highest BCUT2D eigenvalue weighted by atomic mass is 16.5. The van der Waals surface area contributed by atoms with Crippen molar-refractivity contribution in [3.05, 3.63) is 0 Å². The van der Waals surface area contributed by atoms with E-state index < -0.39 is 0 Å². The highest BCUT2D eigenvalue weighted by Gasteiger charge is 2.48. The summed E-state index contributed by atoms with van der Waals surface area (Å²) >= 11 is 0. The first-order valence-corrected chi connectivity index (χ1v) is 5.87. The molecule has 2 aliphatic rings. The van der Waals surface area contributed by atoms with Crippen molar-refractivity contribution in [2.24, 2.45) is 11.1 Å². The summed E-state index contributed by atoms with van der Waals surface area (Å²) in [7, 11) is 0. The van der Waals surface area contributed by atoms with Gasteiger partial charge in [0.1, 0.15) is 0 Å². The third-order valence-corrected chi connectivity index (χ3v) is 3.49. The Kier molecular flexibility index (Phi) is 3.26. The van der Waals surface area contributed by atoms with Crippen molar-refractivity contribution in [1.29, 1.82) is 0 Å². The second-order valence-corrected chi connectivity index (χ2v) is 4.68. The molecule has 4 nitrogen and oxygen atoms in total. The van der Waals surface area contributed by atoms with Crippen LogP contribution in [-0.4, -0.2) is 31.7 Å². The zero-order valence-corrected chi connectivity index (χ0v) is 9.13. The molecule has 86 valence electrons. The van der Waals surface area contributed by atoms with Gasteiger partial charge in [0.05, 0.1) is 11.5 Å². The number of hydrogen-bond donors (Lipinski definition) is 2. The van der Waals surface area contributed by atoms with Crippen molar-refractivity contribution in [2.45, 2.75) is 38.2 Å². The van der Waals surface area contributed by atoms with Gasteiger partial charge in [0.25, 0.3) is 0 Å². The van der Waals surface area contributed by atoms with Crippen molar-refractivity contribution in [2.75, 3.05) is 19.7 Å². The van der Waals surface area contributed by atoms with Crippen molar-refractivity contribution < 1.29 is 9.53 Å². The van der Waals surface area contributed by atoms with Crippen molar-refractivity contribution in [3.63, 3.8) is 0 Å². The van der Waals surface area contributed by atoms with Gasteiger partial charge in [-0.3, -0.25) is 4.79 Å². The first-order chi connectivity index (χ1) is 7.27. The Hall–Kier alpha value is -0.610. The molecule has 2 fully saturated rings. The summed E-state index contributed by atoms with van der Waals surface area (Å²) in [5, 5.41) is 2.96. The summed E-state index contributed by atoms with van der Waals surface area (Å²) in [6.07, 6.45) is 5.54. The lowest BCUT2D eigenvalue weighted by molar-refractivity contribution is -0.126. The summed E-state index contributed by atoms with van der Waals surface area (Å²) in [6.45, 7) is 1.97. The third-order valence-electron chi connectivity index (χ3n) is 3.49. The molecule has 0 spiro atoms. The lowest BCUT2D eigenvalue weighted by Gasteiger charge is -2.23. The Morgan fingerprint density at radius 1 is 1.47 bits per heavy atom. The van der Waals surface area contributed by atoms with Crippen LogP contribution in [0.25, 0.3) is 0 Å². The summed E-state index contributed by atoms with van der Waals surface area (Å²) in [5.41, 5.74) is 5.36. The van der Waals surface area contributed by atoms with Gasteiger partial charge >= 0.3 is 0 Å². The molecule has 0 aromatic rings. The molecule has 2 rings (SSSR count). The van der Waals surface area contributed by atoms with E-state index in [0.29, 0.717) is 13.1 Å². The number of carbonyl (C=O) groups is 1. The fourth-order valence-electron chi connectivity index (χ4n) is 2.04. The van der Waals surface area contributed by atoms with E-state index in [0.717, 1.165) is 32.3 Å². The number of carbonyl (C=O) groups excluding carboxylic acids is 1. The summed E-state index contributed by atoms with van der Waals surface area (Å²) in [5.74, 6) is 0.124. The molecular formula is C11H20N2O2. The van der Waals surface area contributed by atoms with E-state index in [2.05, 4.69) is 5.32 Å². The smallest absolute Gasteiger partial charge is 0.227 e. The molecule has 1 aliphatic carbocycles. The molecule has 4 heteroatoms. The van der Waals surface area contributed by atoms with E-state index in [9.17, 15) is 4.79 Å². The van der Waals surface area contributed by atoms with Gasteiger partial charge in [-0.25, -0.2) is 0 Å². The van der Waals surface area contributed by atoms with Crippen LogP contribution in [0.1, 0.15) is 32.1 Å². The monoisotopic (exact) mass is 212 g/mol. The second kappa shape index (κ2) is 4.49. The van der Waals surface area contributed by atoms with E-state index in [1.54, 1.807) is 0 Å². The van der Waals surface area contributed by atoms with E-state index in [4.69, 9.17) is 10.5 Å². The Morgan fingerprint density at radius 3 is 2.80 bits per heavy atom. The normalized spacial score (nSPS) is 28.5. The molecule has 0 bridgehead atoms. The maximum Gasteiger partial charge on any atom is 0.227 e. The van der Waals surface area contributed by atoms with Crippen LogP contribution in [0.5, 0.6) is 0 Å². The van der Waals surface area contributed by atoms with Crippen molar-refractivity contribution >= 4 is 5.91 Å². The van der Waals surface area contributed by atoms with E-state index >= 15 is 0 Å². The molecular weight excluding hydrogens is 192 g/mol. The minimum absolute atomic E-state index is 0.124. The van der Waals surface area contributed by atoms with Crippen molar-refractivity contribution in [3.8, 4) is 0 Å². The zero-order chi connectivity index (χ0) is 10.7. The SMILES string of the molecule is NCC1(C(=O)NCC2CCCCO2)CC1. The fraction of sp³-hybridized carbons (Fsp3) is 0.909. The van der Waals surface area contributed by atoms with Crippen LogP contribution in [-0.2, 0) is 9.53 Å². The average molecular weight is 212 g/mol. The number of rotatable bonds is 4. The van der Waals surface area contributed by atoms with Crippen LogP contribution < -0.4 is 11.1 Å². The maximum absolute atomic E-state index is 11.8. The third kappa shape index (κ3) is 2.49. The first kappa shape index (κ1) is 10.9. The van der Waals surface area contributed by atoms with E-state index in [1.165, 1.54) is 6.42 Å². The molecule has 1 aliphatic heterocycles. The Labute approximate surface area is 90.5 Å². The zero-order valence-electron chi connectivity index (χ0n) is 9.13. The molecule has 0 aromatic carbocycles. The van der Waals surface area contributed by atoms with E-state index in [-0.39, 0.29) is 17.4 Å². The lowest BCUT2D eigenvalue weighted by Crippen LogP contribution is -2.41. The number of nitrogens with two attached hydrogens (primary N) is 1. The van der Waals surface area contributed by atoms with Crippen LogP contribution in [0.2, 0.25) is 0 Å². The van der Waals surface area contributed by atoms with Gasteiger partial charge in [-0.15, -0.1) is 0 Å². The maximum atomic E-state index is 11.8. The Bertz CT molecular complexity index is 233. The molecule has 1 unspecified atom stereocenters. The quantitative estimate of drug-likeness (QED) is 0.709. The Balaban J connectivity index is 1.70. The average Bonchev–Trinajstić information content (AvgIpc) is 3.08. The van der Waals surface area contributed by atoms with Gasteiger partial charge in [0, 0.05) is 19.7 Å². The lowest BCUT2D eigenvalue weighted by atomic mass is 10.1. The van der Waals surface area contributed by atoms with Gasteiger partial charge < -0.3 is 15.8 Å². The van der Waals surface area contributed by atoms with Crippen LogP contribution >= 0.6 is 0 Å². The largest absolute Gasteiger partial charge is 0.376 e. The van der Waals surface area contributed by atoms with Gasteiger partial charge in [0.2, 0.25) is 5.91 Å². The van der Waals surface area contributed by atoms with Gasteiger partial charge in [-0.1, -0.05) is 0 Å². The fourth-order valence-corrected chi connectivity index (χ4v) is 2.04. The number of amides is 1. The number of ether oxygens (including phenoxy) is 1. The van der Waals surface area contributed by atoms with Crippen LogP contribution in [0.4, 0.5) is 0 Å².